The minimum absolute atomic E-state index is 0.411. The molecule has 1 aromatic carbocycles. The Bertz CT molecular complexity index is 698. The highest BCUT2D eigenvalue weighted by molar-refractivity contribution is 6.16. The number of imidazole rings is 1. The monoisotopic (exact) mass is 301 g/mol. The number of alkyl halides is 1. The maximum Gasteiger partial charge on any atom is 0.125 e. The van der Waals surface area contributed by atoms with E-state index in [4.69, 9.17) is 16.9 Å². The molecule has 1 saturated carbocycles. The van der Waals surface area contributed by atoms with Gasteiger partial charge in [0, 0.05) is 6.04 Å². The van der Waals surface area contributed by atoms with E-state index in [2.05, 4.69) is 29.5 Å². The van der Waals surface area contributed by atoms with Crippen LogP contribution >= 0.6 is 11.6 Å². The minimum atomic E-state index is 0.411. The highest BCUT2D eigenvalue weighted by atomic mass is 35.5. The fourth-order valence-corrected chi connectivity index (χ4v) is 3.78. The van der Waals surface area contributed by atoms with Crippen LogP contribution in [-0.4, -0.2) is 9.55 Å². The molecule has 0 amide bonds. The van der Waals surface area contributed by atoms with Crippen LogP contribution in [0.25, 0.3) is 11.0 Å². The summed E-state index contributed by atoms with van der Waals surface area (Å²) in [5.74, 6) is 2.65. The molecule has 0 saturated heterocycles. The molecule has 3 unspecified atom stereocenters. The van der Waals surface area contributed by atoms with Crippen molar-refractivity contribution in [2.45, 2.75) is 45.0 Å². The largest absolute Gasteiger partial charge is 0.324 e. The maximum atomic E-state index is 9.15. The molecule has 21 heavy (non-hydrogen) atoms. The fourth-order valence-electron chi connectivity index (χ4n) is 3.59. The van der Waals surface area contributed by atoms with E-state index in [1.807, 2.05) is 18.2 Å². The Morgan fingerprint density at radius 1 is 1.38 bits per heavy atom. The van der Waals surface area contributed by atoms with Crippen LogP contribution < -0.4 is 0 Å². The smallest absolute Gasteiger partial charge is 0.125 e. The molecular formula is C17H20ClN3. The van der Waals surface area contributed by atoms with Gasteiger partial charge in [0.2, 0.25) is 0 Å². The summed E-state index contributed by atoms with van der Waals surface area (Å²) in [4.78, 5) is 4.66. The van der Waals surface area contributed by atoms with Gasteiger partial charge in [0.25, 0.3) is 0 Å². The number of hydrogen-bond acceptors (Lipinski definition) is 2. The first-order valence-corrected chi connectivity index (χ1v) is 8.16. The van der Waals surface area contributed by atoms with E-state index in [0.29, 0.717) is 29.3 Å². The summed E-state index contributed by atoms with van der Waals surface area (Å²) < 4.78 is 2.30. The number of aromatic nitrogens is 2. The van der Waals surface area contributed by atoms with Crippen LogP contribution in [-0.2, 0) is 5.88 Å². The molecule has 1 aliphatic carbocycles. The van der Waals surface area contributed by atoms with Crippen LogP contribution in [0, 0.1) is 23.2 Å². The van der Waals surface area contributed by atoms with E-state index >= 15 is 0 Å². The SMILES string of the molecule is CC1CCCC(n2c(CCl)nc3ccc(C#N)cc32)C1C. The lowest BCUT2D eigenvalue weighted by Gasteiger charge is -2.36. The molecule has 0 N–H and O–H groups in total. The molecular weight excluding hydrogens is 282 g/mol. The third-order valence-corrected chi connectivity index (χ3v) is 5.25. The van der Waals surface area contributed by atoms with Gasteiger partial charge in [0.1, 0.15) is 5.82 Å². The molecule has 4 heteroatoms. The summed E-state index contributed by atoms with van der Waals surface area (Å²) in [7, 11) is 0. The lowest BCUT2D eigenvalue weighted by atomic mass is 9.78. The quantitative estimate of drug-likeness (QED) is 0.758. The van der Waals surface area contributed by atoms with Crippen molar-refractivity contribution < 1.29 is 0 Å². The normalized spacial score (nSPS) is 25.9. The third-order valence-electron chi connectivity index (χ3n) is 5.01. The van der Waals surface area contributed by atoms with E-state index in [-0.39, 0.29) is 0 Å². The predicted octanol–water partition coefficient (Wildman–Crippen LogP) is 4.64. The molecule has 0 bridgehead atoms. The highest BCUT2D eigenvalue weighted by Gasteiger charge is 2.30. The molecule has 1 aliphatic rings. The summed E-state index contributed by atoms with van der Waals surface area (Å²) in [5.41, 5.74) is 2.67. The first-order chi connectivity index (χ1) is 10.2. The van der Waals surface area contributed by atoms with Crippen molar-refractivity contribution in [1.82, 2.24) is 9.55 Å². The molecule has 110 valence electrons. The van der Waals surface area contributed by atoms with Crippen molar-refractivity contribution in [3.8, 4) is 6.07 Å². The van der Waals surface area contributed by atoms with Gasteiger partial charge in [0.15, 0.2) is 0 Å². The van der Waals surface area contributed by atoms with Crippen LogP contribution in [0.15, 0.2) is 18.2 Å². The number of benzene rings is 1. The van der Waals surface area contributed by atoms with Gasteiger partial charge in [-0.25, -0.2) is 4.98 Å². The highest BCUT2D eigenvalue weighted by Crippen LogP contribution is 2.40. The zero-order chi connectivity index (χ0) is 15.0. The summed E-state index contributed by atoms with van der Waals surface area (Å²) in [5, 5.41) is 9.15. The van der Waals surface area contributed by atoms with Crippen LogP contribution in [0.1, 0.15) is 50.5 Å². The van der Waals surface area contributed by atoms with E-state index in [9.17, 15) is 0 Å². The minimum Gasteiger partial charge on any atom is -0.324 e. The molecule has 1 aromatic heterocycles. The van der Waals surface area contributed by atoms with Crippen molar-refractivity contribution in [3.63, 3.8) is 0 Å². The standard InChI is InChI=1S/C17H20ClN3/c1-11-4-3-5-15(12(11)2)21-16-8-13(10-19)6-7-14(16)20-17(21)9-18/h6-8,11-12,15H,3-5,9H2,1-2H3. The fraction of sp³-hybridized carbons (Fsp3) is 0.529. The number of halogens is 1. The van der Waals surface area contributed by atoms with Crippen molar-refractivity contribution in [2.75, 3.05) is 0 Å². The molecule has 1 heterocycles. The van der Waals surface area contributed by atoms with Gasteiger partial charge in [-0.1, -0.05) is 26.7 Å². The van der Waals surface area contributed by atoms with Gasteiger partial charge in [-0.3, -0.25) is 0 Å². The Morgan fingerprint density at radius 3 is 2.90 bits per heavy atom. The first kappa shape index (κ1) is 14.4. The number of fused-ring (bicyclic) bond motifs is 1. The molecule has 0 spiro atoms. The number of nitrogens with zero attached hydrogens (tertiary/aromatic N) is 3. The second-order valence-corrected chi connectivity index (χ2v) is 6.45. The summed E-state index contributed by atoms with van der Waals surface area (Å²) in [6.07, 6.45) is 3.71. The van der Waals surface area contributed by atoms with Gasteiger partial charge in [-0.05, 0) is 36.5 Å². The lowest BCUT2D eigenvalue weighted by molar-refractivity contribution is 0.187. The number of nitriles is 1. The van der Waals surface area contributed by atoms with Crippen LogP contribution in [0.5, 0.6) is 0 Å². The van der Waals surface area contributed by atoms with E-state index in [1.165, 1.54) is 12.8 Å². The van der Waals surface area contributed by atoms with Gasteiger partial charge < -0.3 is 4.57 Å². The van der Waals surface area contributed by atoms with Crippen molar-refractivity contribution in [3.05, 3.63) is 29.6 Å². The Balaban J connectivity index is 2.17. The molecule has 0 radical (unpaired) electrons. The molecule has 3 nitrogen and oxygen atoms in total. The molecule has 2 aromatic rings. The predicted molar refractivity (Wildman–Crippen MR) is 85.2 cm³/mol. The topological polar surface area (TPSA) is 41.6 Å². The van der Waals surface area contributed by atoms with Crippen molar-refractivity contribution in [2.24, 2.45) is 11.8 Å². The number of hydrogen-bond donors (Lipinski definition) is 0. The average molecular weight is 302 g/mol. The summed E-state index contributed by atoms with van der Waals surface area (Å²) in [6, 6.07) is 8.36. The Hall–Kier alpha value is -1.53. The van der Waals surface area contributed by atoms with Crippen molar-refractivity contribution >= 4 is 22.6 Å². The van der Waals surface area contributed by atoms with Crippen LogP contribution in [0.2, 0.25) is 0 Å². The maximum absolute atomic E-state index is 9.15. The second kappa shape index (κ2) is 5.69. The summed E-state index contributed by atoms with van der Waals surface area (Å²) in [6.45, 7) is 4.66. The second-order valence-electron chi connectivity index (χ2n) is 6.18. The third kappa shape index (κ3) is 2.42. The van der Waals surface area contributed by atoms with Gasteiger partial charge in [-0.15, -0.1) is 11.6 Å². The van der Waals surface area contributed by atoms with Crippen LogP contribution in [0.3, 0.4) is 0 Å². The van der Waals surface area contributed by atoms with E-state index < -0.39 is 0 Å². The first-order valence-electron chi connectivity index (χ1n) is 7.62. The zero-order valence-corrected chi connectivity index (χ0v) is 13.3. The number of rotatable bonds is 2. The van der Waals surface area contributed by atoms with Gasteiger partial charge in [0.05, 0.1) is 28.5 Å². The molecule has 0 aliphatic heterocycles. The zero-order valence-electron chi connectivity index (χ0n) is 12.5. The Labute approximate surface area is 130 Å². The Kier molecular flexibility index (Phi) is 3.91. The Morgan fingerprint density at radius 2 is 2.19 bits per heavy atom. The summed E-state index contributed by atoms with van der Waals surface area (Å²) >= 11 is 6.13. The van der Waals surface area contributed by atoms with Crippen LogP contribution in [0.4, 0.5) is 0 Å². The average Bonchev–Trinajstić information content (AvgIpc) is 2.87. The van der Waals surface area contributed by atoms with E-state index in [0.717, 1.165) is 23.3 Å². The molecule has 3 atom stereocenters. The van der Waals surface area contributed by atoms with Crippen molar-refractivity contribution in [1.29, 1.82) is 5.26 Å². The lowest BCUT2D eigenvalue weighted by Crippen LogP contribution is -2.27. The molecule has 3 rings (SSSR count). The van der Waals surface area contributed by atoms with Gasteiger partial charge >= 0.3 is 0 Å². The van der Waals surface area contributed by atoms with Gasteiger partial charge in [-0.2, -0.15) is 5.26 Å². The van der Waals surface area contributed by atoms with E-state index in [1.54, 1.807) is 0 Å². The molecule has 1 fully saturated rings.